The molecule has 1 fully saturated rings. The number of benzene rings is 1. The van der Waals surface area contributed by atoms with Crippen LogP contribution in [0.25, 0.3) is 0 Å². The van der Waals surface area contributed by atoms with Crippen molar-refractivity contribution in [1.82, 2.24) is 10.2 Å². The van der Waals surface area contributed by atoms with E-state index in [1.165, 1.54) is 0 Å². The number of hydrogen-bond donors (Lipinski definition) is 1. The largest absolute Gasteiger partial charge is 0.497 e. The van der Waals surface area contributed by atoms with Crippen molar-refractivity contribution in [3.8, 4) is 5.75 Å². The summed E-state index contributed by atoms with van der Waals surface area (Å²) in [5.74, 6) is 0.973. The van der Waals surface area contributed by atoms with Gasteiger partial charge >= 0.3 is 0 Å². The molecule has 1 aromatic carbocycles. The molecule has 1 aromatic rings. The zero-order valence-corrected chi connectivity index (χ0v) is 15.6. The Morgan fingerprint density at radius 3 is 2.36 bits per heavy atom. The van der Waals surface area contributed by atoms with Crippen LogP contribution in [0.1, 0.15) is 23.2 Å². The summed E-state index contributed by atoms with van der Waals surface area (Å²) < 4.78 is 10.0. The van der Waals surface area contributed by atoms with Gasteiger partial charge < -0.3 is 19.7 Å². The van der Waals surface area contributed by atoms with Gasteiger partial charge in [0.05, 0.1) is 20.3 Å². The maximum absolute atomic E-state index is 12.5. The number of Topliss-reactive ketones (excluding diaryl/α,β-unsaturated/α-hetero) is 1. The van der Waals surface area contributed by atoms with Crippen molar-refractivity contribution in [2.45, 2.75) is 12.8 Å². The molecule has 0 unspecified atom stereocenters. The molecule has 0 aromatic heterocycles. The first-order chi connectivity index (χ1) is 11.7. The van der Waals surface area contributed by atoms with Gasteiger partial charge in [0.25, 0.3) is 0 Å². The lowest BCUT2D eigenvalue weighted by Crippen LogP contribution is -2.44. The summed E-state index contributed by atoms with van der Waals surface area (Å²) in [5.41, 5.74) is 0.710. The quantitative estimate of drug-likeness (QED) is 0.558. The Morgan fingerprint density at radius 2 is 1.80 bits per heavy atom. The Bertz CT molecular complexity index is 543. The summed E-state index contributed by atoms with van der Waals surface area (Å²) in [6.07, 6.45) is 1.43. The minimum absolute atomic E-state index is 0. The fourth-order valence-corrected chi connectivity index (χ4v) is 2.86. The highest BCUT2D eigenvalue weighted by Gasteiger charge is 2.27. The zero-order chi connectivity index (χ0) is 17.4. The molecule has 140 valence electrons. The molecular weight excluding hydrogens is 344 g/mol. The minimum atomic E-state index is -0.0103. The van der Waals surface area contributed by atoms with Crippen molar-refractivity contribution in [3.05, 3.63) is 29.8 Å². The van der Waals surface area contributed by atoms with E-state index in [0.717, 1.165) is 5.75 Å². The predicted molar refractivity (Wildman–Crippen MR) is 98.6 cm³/mol. The number of methoxy groups -OCH3 is 2. The molecule has 25 heavy (non-hydrogen) atoms. The third-order valence-electron chi connectivity index (χ3n) is 4.35. The standard InChI is InChI=1S/C18H26N2O4.ClH/c1-23-12-9-19-13-17(21)20-10-7-15(8-11-20)18(22)14-3-5-16(24-2)6-4-14;/h3-6,15,19H,7-13H2,1-2H3;1H. The normalized spacial score (nSPS) is 14.7. The molecule has 0 bridgehead atoms. The summed E-state index contributed by atoms with van der Waals surface area (Å²) >= 11 is 0. The highest BCUT2D eigenvalue weighted by molar-refractivity contribution is 5.98. The smallest absolute Gasteiger partial charge is 0.236 e. The van der Waals surface area contributed by atoms with E-state index in [2.05, 4.69) is 5.32 Å². The molecule has 0 spiro atoms. The fourth-order valence-electron chi connectivity index (χ4n) is 2.86. The van der Waals surface area contributed by atoms with E-state index in [1.807, 2.05) is 4.90 Å². The minimum Gasteiger partial charge on any atom is -0.497 e. The van der Waals surface area contributed by atoms with Crippen LogP contribution in [0.3, 0.4) is 0 Å². The maximum atomic E-state index is 12.5. The summed E-state index contributed by atoms with van der Waals surface area (Å²) in [6.45, 7) is 2.84. The Kier molecular flexibility index (Phi) is 9.49. The highest BCUT2D eigenvalue weighted by atomic mass is 35.5. The van der Waals surface area contributed by atoms with Crippen molar-refractivity contribution < 1.29 is 19.1 Å². The number of ether oxygens (including phenoxy) is 2. The lowest BCUT2D eigenvalue weighted by molar-refractivity contribution is -0.131. The Labute approximate surface area is 155 Å². The SMILES string of the molecule is COCCNCC(=O)N1CCC(C(=O)c2ccc(OC)cc2)CC1.Cl. The number of carbonyl (C=O) groups excluding carboxylic acids is 2. The van der Waals surface area contributed by atoms with Gasteiger partial charge in [-0.2, -0.15) is 0 Å². The number of halogens is 1. The summed E-state index contributed by atoms with van der Waals surface area (Å²) in [7, 11) is 3.24. The van der Waals surface area contributed by atoms with Crippen molar-refractivity contribution in [2.24, 2.45) is 5.92 Å². The molecule has 2 rings (SSSR count). The summed E-state index contributed by atoms with van der Waals surface area (Å²) in [6, 6.07) is 7.21. The first kappa shape index (κ1) is 21.4. The van der Waals surface area contributed by atoms with Gasteiger partial charge in [-0.25, -0.2) is 0 Å². The number of nitrogens with one attached hydrogen (secondary N) is 1. The number of carbonyl (C=O) groups is 2. The van der Waals surface area contributed by atoms with E-state index in [9.17, 15) is 9.59 Å². The molecule has 0 aliphatic carbocycles. The molecular formula is C18H27ClN2O4. The van der Waals surface area contributed by atoms with Gasteiger partial charge in [-0.3, -0.25) is 9.59 Å². The van der Waals surface area contributed by atoms with E-state index in [1.54, 1.807) is 38.5 Å². The number of likely N-dealkylation sites (tertiary alicyclic amines) is 1. The van der Waals surface area contributed by atoms with Gasteiger partial charge in [-0.05, 0) is 37.1 Å². The van der Waals surface area contributed by atoms with Crippen LogP contribution in [-0.2, 0) is 9.53 Å². The van der Waals surface area contributed by atoms with Crippen LogP contribution < -0.4 is 10.1 Å². The lowest BCUT2D eigenvalue weighted by Gasteiger charge is -2.31. The van der Waals surface area contributed by atoms with Crippen LogP contribution in [-0.4, -0.2) is 63.6 Å². The Balaban J connectivity index is 0.00000312. The van der Waals surface area contributed by atoms with Crippen molar-refractivity contribution in [1.29, 1.82) is 0 Å². The van der Waals surface area contributed by atoms with Gasteiger partial charge in [-0.1, -0.05) is 0 Å². The van der Waals surface area contributed by atoms with Crippen LogP contribution in [0.4, 0.5) is 0 Å². The second kappa shape index (κ2) is 11.1. The Morgan fingerprint density at radius 1 is 1.16 bits per heavy atom. The number of ketones is 1. The van der Waals surface area contributed by atoms with Crippen LogP contribution in [0.15, 0.2) is 24.3 Å². The second-order valence-corrected chi connectivity index (χ2v) is 5.92. The van der Waals surface area contributed by atoms with Crippen LogP contribution >= 0.6 is 12.4 Å². The van der Waals surface area contributed by atoms with E-state index in [4.69, 9.17) is 9.47 Å². The molecule has 1 saturated heterocycles. The molecule has 6 nitrogen and oxygen atoms in total. The molecule has 0 saturated carbocycles. The molecule has 1 aliphatic heterocycles. The van der Waals surface area contributed by atoms with E-state index >= 15 is 0 Å². The van der Waals surface area contributed by atoms with Crippen LogP contribution in [0.5, 0.6) is 5.75 Å². The second-order valence-electron chi connectivity index (χ2n) is 5.92. The van der Waals surface area contributed by atoms with Crippen molar-refractivity contribution in [3.63, 3.8) is 0 Å². The monoisotopic (exact) mass is 370 g/mol. The average Bonchev–Trinajstić information content (AvgIpc) is 2.64. The molecule has 1 aliphatic rings. The maximum Gasteiger partial charge on any atom is 0.236 e. The first-order valence-corrected chi connectivity index (χ1v) is 8.31. The molecule has 1 heterocycles. The zero-order valence-electron chi connectivity index (χ0n) is 14.8. The van der Waals surface area contributed by atoms with E-state index in [-0.39, 0.29) is 30.0 Å². The van der Waals surface area contributed by atoms with Gasteiger partial charge in [-0.15, -0.1) is 12.4 Å². The molecule has 1 N–H and O–H groups in total. The van der Waals surface area contributed by atoms with Crippen molar-refractivity contribution >= 4 is 24.1 Å². The summed E-state index contributed by atoms with van der Waals surface area (Å²) in [4.78, 5) is 26.5. The third-order valence-corrected chi connectivity index (χ3v) is 4.35. The average molecular weight is 371 g/mol. The van der Waals surface area contributed by atoms with Gasteiger partial charge in [0.15, 0.2) is 5.78 Å². The highest BCUT2D eigenvalue weighted by Crippen LogP contribution is 2.23. The summed E-state index contributed by atoms with van der Waals surface area (Å²) in [5, 5.41) is 3.06. The van der Waals surface area contributed by atoms with Crippen molar-refractivity contribution in [2.75, 3.05) is 47.0 Å². The van der Waals surface area contributed by atoms with Gasteiger partial charge in [0, 0.05) is 38.2 Å². The number of piperidine rings is 1. The topological polar surface area (TPSA) is 67.9 Å². The molecule has 7 heteroatoms. The molecule has 0 radical (unpaired) electrons. The predicted octanol–water partition coefficient (Wildman–Crippen LogP) is 1.77. The number of hydrogen-bond acceptors (Lipinski definition) is 5. The fraction of sp³-hybridized carbons (Fsp3) is 0.556. The van der Waals surface area contributed by atoms with E-state index < -0.39 is 0 Å². The van der Waals surface area contributed by atoms with Crippen LogP contribution in [0, 0.1) is 5.92 Å². The first-order valence-electron chi connectivity index (χ1n) is 8.31. The molecule has 0 atom stereocenters. The third kappa shape index (κ3) is 6.30. The number of rotatable bonds is 8. The van der Waals surface area contributed by atoms with Crippen LogP contribution in [0.2, 0.25) is 0 Å². The lowest BCUT2D eigenvalue weighted by atomic mass is 9.89. The van der Waals surface area contributed by atoms with E-state index in [0.29, 0.717) is 51.2 Å². The van der Waals surface area contributed by atoms with Gasteiger partial charge in [0.2, 0.25) is 5.91 Å². The Hall–Kier alpha value is -1.63. The number of amides is 1. The number of nitrogens with zero attached hydrogens (tertiary/aromatic N) is 1. The molecule has 1 amide bonds. The van der Waals surface area contributed by atoms with Gasteiger partial charge in [0.1, 0.15) is 5.75 Å².